The Morgan fingerprint density at radius 1 is 0.667 bits per heavy atom. The van der Waals surface area contributed by atoms with Crippen LogP contribution in [0.25, 0.3) is 0 Å². The highest BCUT2D eigenvalue weighted by Gasteiger charge is 1.96. The van der Waals surface area contributed by atoms with Crippen LogP contribution >= 0.6 is 0 Å². The van der Waals surface area contributed by atoms with E-state index in [9.17, 15) is 9.59 Å². The topological polar surface area (TPSA) is 74.6 Å². The Morgan fingerprint density at radius 2 is 1.10 bits per heavy atom. The molecular weight excluding hydrogens is 268 g/mol. The van der Waals surface area contributed by atoms with Crippen LogP contribution in [0.15, 0.2) is 12.2 Å². The van der Waals surface area contributed by atoms with Crippen LogP contribution in [-0.2, 0) is 9.59 Å². The summed E-state index contributed by atoms with van der Waals surface area (Å²) in [6, 6.07) is 0. The Hall–Kier alpha value is -1.32. The van der Waals surface area contributed by atoms with Crippen LogP contribution < -0.4 is 0 Å². The van der Waals surface area contributed by atoms with Crippen molar-refractivity contribution in [1.82, 2.24) is 0 Å². The van der Waals surface area contributed by atoms with Gasteiger partial charge in [-0.05, 0) is 19.3 Å². The number of hydrogen-bond acceptors (Lipinski definition) is 2. The van der Waals surface area contributed by atoms with Crippen molar-refractivity contribution in [3.63, 3.8) is 0 Å². The first-order valence-electron chi connectivity index (χ1n) is 8.24. The van der Waals surface area contributed by atoms with E-state index in [-0.39, 0.29) is 0 Å². The summed E-state index contributed by atoms with van der Waals surface area (Å²) >= 11 is 0. The number of allylic oxidation sites excluding steroid dienone is 1. The van der Waals surface area contributed by atoms with Crippen LogP contribution in [0.1, 0.15) is 83.5 Å². The average Bonchev–Trinajstić information content (AvgIpc) is 2.42. The molecule has 0 aromatic carbocycles. The van der Waals surface area contributed by atoms with E-state index in [0.717, 1.165) is 32.1 Å². The van der Waals surface area contributed by atoms with Gasteiger partial charge in [0.25, 0.3) is 0 Å². The maximum Gasteiger partial charge on any atom is 0.327 e. The molecule has 2 N–H and O–H groups in total. The van der Waals surface area contributed by atoms with E-state index in [4.69, 9.17) is 10.2 Å². The molecule has 0 aliphatic carbocycles. The van der Waals surface area contributed by atoms with Crippen LogP contribution in [0.4, 0.5) is 0 Å². The Kier molecular flexibility index (Phi) is 14.1. The lowest BCUT2D eigenvalue weighted by Gasteiger charge is -2.02. The molecule has 21 heavy (non-hydrogen) atoms. The molecule has 0 aromatic heterocycles. The first-order valence-corrected chi connectivity index (χ1v) is 8.24. The number of carbonyl (C=O) groups is 2. The summed E-state index contributed by atoms with van der Waals surface area (Å²) in [6.45, 7) is 0. The summed E-state index contributed by atoms with van der Waals surface area (Å²) in [7, 11) is 0. The number of carboxylic acid groups (broad SMARTS) is 2. The van der Waals surface area contributed by atoms with Gasteiger partial charge in [0.2, 0.25) is 0 Å². The highest BCUT2D eigenvalue weighted by molar-refractivity contribution is 5.79. The zero-order valence-corrected chi connectivity index (χ0v) is 13.1. The first kappa shape index (κ1) is 19.7. The van der Waals surface area contributed by atoms with E-state index in [2.05, 4.69) is 0 Å². The summed E-state index contributed by atoms with van der Waals surface area (Å²) in [5.74, 6) is -1.55. The maximum atomic E-state index is 10.3. The molecule has 0 bridgehead atoms. The van der Waals surface area contributed by atoms with Gasteiger partial charge in [0.1, 0.15) is 0 Å². The SMILES string of the molecule is O=C(O)/C=C/CCCCCCCCCCCCCC(=O)O. The standard InChI is InChI=1S/C17H30O4/c18-16(19)14-12-10-8-6-4-2-1-3-5-7-9-11-13-15-17(20)21/h12,14H,1-11,13,15H2,(H,18,19)(H,20,21)/b14-12+. The van der Waals surface area contributed by atoms with Gasteiger partial charge in [-0.15, -0.1) is 0 Å². The summed E-state index contributed by atoms with van der Waals surface area (Å²) in [5.41, 5.74) is 0. The van der Waals surface area contributed by atoms with Crippen molar-refractivity contribution in [1.29, 1.82) is 0 Å². The number of unbranched alkanes of at least 4 members (excludes halogenated alkanes) is 11. The highest BCUT2D eigenvalue weighted by atomic mass is 16.4. The molecule has 0 amide bonds. The van der Waals surface area contributed by atoms with Gasteiger partial charge in [-0.2, -0.15) is 0 Å². The minimum atomic E-state index is -0.863. The molecule has 0 spiro atoms. The number of rotatable bonds is 15. The van der Waals surface area contributed by atoms with Gasteiger partial charge in [0.05, 0.1) is 0 Å². The van der Waals surface area contributed by atoms with Gasteiger partial charge >= 0.3 is 11.9 Å². The lowest BCUT2D eigenvalue weighted by atomic mass is 10.0. The number of hydrogen-bond donors (Lipinski definition) is 2. The van der Waals surface area contributed by atoms with E-state index >= 15 is 0 Å². The van der Waals surface area contributed by atoms with Crippen LogP contribution in [0.2, 0.25) is 0 Å². The largest absolute Gasteiger partial charge is 0.481 e. The molecule has 0 saturated carbocycles. The molecule has 0 unspecified atom stereocenters. The zero-order chi connectivity index (χ0) is 15.8. The van der Waals surface area contributed by atoms with Crippen molar-refractivity contribution in [2.45, 2.75) is 83.5 Å². The van der Waals surface area contributed by atoms with Crippen molar-refractivity contribution in [3.05, 3.63) is 12.2 Å². The Balaban J connectivity index is 3.06. The number of aliphatic carboxylic acids is 2. The molecule has 0 heterocycles. The molecule has 0 fully saturated rings. The fourth-order valence-electron chi connectivity index (χ4n) is 2.31. The van der Waals surface area contributed by atoms with Crippen LogP contribution in [0, 0.1) is 0 Å². The molecule has 0 atom stereocenters. The predicted molar refractivity (Wildman–Crippen MR) is 84.4 cm³/mol. The third-order valence-corrected chi connectivity index (χ3v) is 3.52. The number of carboxylic acids is 2. The van der Waals surface area contributed by atoms with Gasteiger partial charge < -0.3 is 10.2 Å². The van der Waals surface area contributed by atoms with E-state index in [1.165, 1.54) is 51.0 Å². The lowest BCUT2D eigenvalue weighted by Crippen LogP contribution is -1.93. The van der Waals surface area contributed by atoms with E-state index in [0.29, 0.717) is 6.42 Å². The van der Waals surface area contributed by atoms with Gasteiger partial charge in [0, 0.05) is 12.5 Å². The van der Waals surface area contributed by atoms with E-state index < -0.39 is 11.9 Å². The Labute approximate surface area is 128 Å². The monoisotopic (exact) mass is 298 g/mol. The fraction of sp³-hybridized carbons (Fsp3) is 0.765. The quantitative estimate of drug-likeness (QED) is 0.337. The van der Waals surface area contributed by atoms with Crippen molar-refractivity contribution >= 4 is 11.9 Å². The van der Waals surface area contributed by atoms with Crippen LogP contribution in [0.5, 0.6) is 0 Å². The van der Waals surface area contributed by atoms with Crippen molar-refractivity contribution in [2.75, 3.05) is 0 Å². The van der Waals surface area contributed by atoms with Gasteiger partial charge in [0.15, 0.2) is 0 Å². The summed E-state index contributed by atoms with van der Waals surface area (Å²) in [5, 5.41) is 16.9. The third kappa shape index (κ3) is 18.7. The van der Waals surface area contributed by atoms with E-state index in [1.807, 2.05) is 0 Å². The second-order valence-electron chi connectivity index (χ2n) is 5.56. The lowest BCUT2D eigenvalue weighted by molar-refractivity contribution is -0.137. The minimum Gasteiger partial charge on any atom is -0.481 e. The van der Waals surface area contributed by atoms with Crippen LogP contribution in [-0.4, -0.2) is 22.2 Å². The normalized spacial score (nSPS) is 11.0. The molecule has 4 nitrogen and oxygen atoms in total. The highest BCUT2D eigenvalue weighted by Crippen LogP contribution is 2.12. The summed E-state index contributed by atoms with van der Waals surface area (Å²) in [4.78, 5) is 20.6. The Bertz CT molecular complexity index is 297. The first-order chi connectivity index (χ1) is 10.1. The fourth-order valence-corrected chi connectivity index (χ4v) is 2.31. The summed E-state index contributed by atoms with van der Waals surface area (Å²) in [6.07, 6.45) is 16.9. The van der Waals surface area contributed by atoms with Gasteiger partial charge in [-0.25, -0.2) is 4.79 Å². The Morgan fingerprint density at radius 3 is 1.52 bits per heavy atom. The van der Waals surface area contributed by atoms with Crippen molar-refractivity contribution < 1.29 is 19.8 Å². The molecule has 0 rings (SSSR count). The molecule has 0 aliphatic heterocycles. The van der Waals surface area contributed by atoms with Crippen molar-refractivity contribution in [3.8, 4) is 0 Å². The third-order valence-electron chi connectivity index (χ3n) is 3.52. The zero-order valence-electron chi connectivity index (χ0n) is 13.1. The summed E-state index contributed by atoms with van der Waals surface area (Å²) < 4.78 is 0. The van der Waals surface area contributed by atoms with Gasteiger partial charge in [-0.3, -0.25) is 4.79 Å². The maximum absolute atomic E-state index is 10.3. The van der Waals surface area contributed by atoms with Gasteiger partial charge in [-0.1, -0.05) is 63.9 Å². The van der Waals surface area contributed by atoms with E-state index in [1.54, 1.807) is 6.08 Å². The molecule has 0 aliphatic rings. The molecule has 122 valence electrons. The predicted octanol–water partition coefficient (Wildman–Crippen LogP) is 4.78. The molecule has 0 saturated heterocycles. The second kappa shape index (κ2) is 15.1. The molecular formula is C17H30O4. The van der Waals surface area contributed by atoms with Crippen molar-refractivity contribution in [2.24, 2.45) is 0 Å². The minimum absolute atomic E-state index is 0.307. The molecule has 0 aromatic rings. The van der Waals surface area contributed by atoms with Crippen LogP contribution in [0.3, 0.4) is 0 Å². The average molecular weight is 298 g/mol. The molecule has 4 heteroatoms. The smallest absolute Gasteiger partial charge is 0.327 e. The second-order valence-corrected chi connectivity index (χ2v) is 5.56. The molecule has 0 radical (unpaired) electrons.